The standard InChI is InChI=1S/C30H30N6O3S.C22H22N6O2S.C2H4O2/c1-19-16-33-30(40-19)34-29(37)21-7-11-24(12-8-21)39-25-13-15-32-28-26(25)27(22-4-3-14-31-17-22)35-36(28)18-20-5-9-23(38-2)10-6-20;1-13-11-25-22(31-13)26-21(29)14-4-6-16(7-5-14)30-17-8-10-24-20-18(17)19(27-28-20)15-3-2-9-23-12-15;1-2(3)4/h5-13,15-16,22,31H,3-4,14,17-18H2,1-2H3,(H,33,34,37);4-8,10-11,15,23H,2-3,9,12H2,1H3,(H,24,27,28)(H,25,26,29);1H3,(H,3,4). The second-order valence-corrected chi connectivity index (χ2v) is 20.3. The molecule has 0 saturated carbocycles. The van der Waals surface area contributed by atoms with E-state index in [1.165, 1.54) is 22.7 Å². The molecule has 2 aliphatic heterocycles. The van der Waals surface area contributed by atoms with Gasteiger partial charge in [0.05, 0.1) is 35.8 Å². The highest BCUT2D eigenvalue weighted by Crippen LogP contribution is 2.38. The summed E-state index contributed by atoms with van der Waals surface area (Å²) in [6.45, 7) is 9.41. The van der Waals surface area contributed by atoms with Crippen LogP contribution in [0, 0.1) is 13.8 Å². The highest BCUT2D eigenvalue weighted by atomic mass is 32.1. The van der Waals surface area contributed by atoms with Gasteiger partial charge in [0.1, 0.15) is 28.7 Å². The number of hydrogen-bond acceptors (Lipinski definition) is 16. The molecule has 2 aliphatic rings. The number of piperidine rings is 2. The van der Waals surface area contributed by atoms with E-state index in [0.29, 0.717) is 62.5 Å². The van der Waals surface area contributed by atoms with Crippen molar-refractivity contribution in [3.8, 4) is 28.7 Å². The van der Waals surface area contributed by atoms with Crippen molar-refractivity contribution in [2.75, 3.05) is 43.9 Å². The summed E-state index contributed by atoms with van der Waals surface area (Å²) < 4.78 is 19.8. The number of amides is 2. The van der Waals surface area contributed by atoms with Gasteiger partial charge in [-0.1, -0.05) is 12.1 Å². The first kappa shape index (κ1) is 51.8. The van der Waals surface area contributed by atoms with E-state index in [2.05, 4.69) is 46.4 Å². The molecule has 2 amide bonds. The first-order valence-electron chi connectivity index (χ1n) is 24.4. The van der Waals surface area contributed by atoms with E-state index < -0.39 is 5.97 Å². The van der Waals surface area contributed by atoms with Gasteiger partial charge in [0.2, 0.25) is 0 Å². The molecule has 0 radical (unpaired) electrons. The number of rotatable bonds is 13. The lowest BCUT2D eigenvalue weighted by molar-refractivity contribution is -0.134. The van der Waals surface area contributed by atoms with Crippen LogP contribution in [0.15, 0.2) is 110 Å². The van der Waals surface area contributed by atoms with Crippen LogP contribution in [-0.4, -0.2) is 96.1 Å². The number of nitrogens with zero attached hydrogens (tertiary/aromatic N) is 7. The largest absolute Gasteiger partial charge is 0.497 e. The number of fused-ring (bicyclic) bond motifs is 2. The molecule has 0 aliphatic carbocycles. The molecular weight excluding hydrogens is 993 g/mol. The van der Waals surface area contributed by atoms with Crippen molar-refractivity contribution in [3.63, 3.8) is 0 Å². The summed E-state index contributed by atoms with van der Waals surface area (Å²) in [6.07, 6.45) is 11.3. The summed E-state index contributed by atoms with van der Waals surface area (Å²) in [5, 5.41) is 35.6. The van der Waals surface area contributed by atoms with Gasteiger partial charge in [0.15, 0.2) is 21.6 Å². The van der Waals surface area contributed by atoms with Gasteiger partial charge in [0, 0.05) is 77.5 Å². The van der Waals surface area contributed by atoms with E-state index in [4.69, 9.17) is 34.2 Å². The van der Waals surface area contributed by atoms with Gasteiger partial charge in [-0.15, -0.1) is 22.7 Å². The van der Waals surface area contributed by atoms with Gasteiger partial charge < -0.3 is 30.0 Å². The van der Waals surface area contributed by atoms with Gasteiger partial charge in [0.25, 0.3) is 17.8 Å². The zero-order valence-electron chi connectivity index (χ0n) is 41.8. The molecule has 0 spiro atoms. The zero-order chi connectivity index (χ0) is 52.3. The molecule has 2 atom stereocenters. The average Bonchev–Trinajstić information content (AvgIpc) is 4.25. The van der Waals surface area contributed by atoms with Crippen LogP contribution in [0.1, 0.15) is 91.9 Å². The number of carboxylic acid groups (broad SMARTS) is 1. The number of nitrogens with one attached hydrogen (secondary N) is 5. The van der Waals surface area contributed by atoms with Crippen molar-refractivity contribution in [1.82, 2.24) is 50.5 Å². The predicted molar refractivity (Wildman–Crippen MR) is 289 cm³/mol. The molecule has 2 saturated heterocycles. The number of carboxylic acids is 1. The number of aliphatic carboxylic acids is 1. The second kappa shape index (κ2) is 24.3. The van der Waals surface area contributed by atoms with Gasteiger partial charge in [-0.05, 0) is 131 Å². The number of carbonyl (C=O) groups is 3. The van der Waals surface area contributed by atoms with Crippen molar-refractivity contribution < 1.29 is 33.7 Å². The minimum atomic E-state index is -0.833. The Bertz CT molecular complexity index is 3380. The molecule has 9 aromatic rings. The average molecular weight is 1050 g/mol. The Balaban J connectivity index is 0.000000176. The zero-order valence-corrected chi connectivity index (χ0v) is 43.4. The number of aryl methyl sites for hydroxylation is 2. The molecule has 21 heteroatoms. The Hall–Kier alpha value is -8.11. The number of hydrogen-bond donors (Lipinski definition) is 6. The van der Waals surface area contributed by atoms with E-state index in [9.17, 15) is 9.59 Å². The fourth-order valence-corrected chi connectivity index (χ4v) is 10.1. The number of carbonyl (C=O) groups excluding carboxylic acids is 2. The number of anilines is 2. The van der Waals surface area contributed by atoms with Crippen LogP contribution in [0.5, 0.6) is 28.7 Å². The van der Waals surface area contributed by atoms with Crippen LogP contribution in [0.25, 0.3) is 22.1 Å². The van der Waals surface area contributed by atoms with Gasteiger partial charge >= 0.3 is 0 Å². The normalized spacial score (nSPS) is 15.2. The summed E-state index contributed by atoms with van der Waals surface area (Å²) in [4.78, 5) is 53.7. The first-order chi connectivity index (χ1) is 36.5. The van der Waals surface area contributed by atoms with E-state index in [1.807, 2.05) is 54.9 Å². The summed E-state index contributed by atoms with van der Waals surface area (Å²) in [6, 6.07) is 25.9. The lowest BCUT2D eigenvalue weighted by atomic mass is 9.94. The predicted octanol–water partition coefficient (Wildman–Crippen LogP) is 10.1. The number of ether oxygens (including phenoxy) is 3. The molecule has 75 heavy (non-hydrogen) atoms. The minimum Gasteiger partial charge on any atom is -0.497 e. The van der Waals surface area contributed by atoms with E-state index in [0.717, 1.165) is 108 Å². The summed E-state index contributed by atoms with van der Waals surface area (Å²) in [5.41, 5.74) is 5.65. The molecule has 0 bridgehead atoms. The smallest absolute Gasteiger partial charge is 0.300 e. The maximum atomic E-state index is 12.7. The Kier molecular flexibility index (Phi) is 16.8. The number of H-pyrrole nitrogens is 1. The minimum absolute atomic E-state index is 0.200. The number of methoxy groups -OCH3 is 1. The molecule has 6 aromatic heterocycles. The molecule has 8 heterocycles. The summed E-state index contributed by atoms with van der Waals surface area (Å²) in [5.74, 6) is 2.86. The van der Waals surface area contributed by atoms with Crippen molar-refractivity contribution in [3.05, 3.63) is 148 Å². The van der Waals surface area contributed by atoms with Crippen LogP contribution < -0.4 is 35.5 Å². The third-order valence-corrected chi connectivity index (χ3v) is 14.0. The third-order valence-electron chi connectivity index (χ3n) is 12.3. The fraction of sp³-hybridized carbons (Fsp3) is 0.278. The van der Waals surface area contributed by atoms with E-state index in [-0.39, 0.29) is 17.7 Å². The number of benzene rings is 3. The Morgan fingerprint density at radius 2 is 1.21 bits per heavy atom. The molecule has 6 N–H and O–H groups in total. The van der Waals surface area contributed by atoms with Crippen molar-refractivity contribution >= 4 is 72.8 Å². The van der Waals surface area contributed by atoms with Gasteiger partial charge in [-0.3, -0.25) is 30.1 Å². The summed E-state index contributed by atoms with van der Waals surface area (Å²) >= 11 is 2.89. The number of aromatic amines is 1. The molecule has 386 valence electrons. The van der Waals surface area contributed by atoms with Crippen molar-refractivity contribution in [1.29, 1.82) is 0 Å². The lowest BCUT2D eigenvalue weighted by Crippen LogP contribution is -2.28. The first-order valence-corrected chi connectivity index (χ1v) is 26.1. The quantitative estimate of drug-likeness (QED) is 0.0629. The third kappa shape index (κ3) is 13.2. The van der Waals surface area contributed by atoms with Gasteiger partial charge in [-0.2, -0.15) is 10.2 Å². The van der Waals surface area contributed by atoms with Crippen LogP contribution in [0.3, 0.4) is 0 Å². The highest BCUT2D eigenvalue weighted by molar-refractivity contribution is 7.16. The maximum Gasteiger partial charge on any atom is 0.300 e. The molecule has 2 unspecified atom stereocenters. The van der Waals surface area contributed by atoms with Crippen LogP contribution in [0.2, 0.25) is 0 Å². The lowest BCUT2D eigenvalue weighted by Gasteiger charge is -2.22. The second-order valence-electron chi connectivity index (χ2n) is 17.9. The van der Waals surface area contributed by atoms with Crippen LogP contribution >= 0.6 is 22.7 Å². The Morgan fingerprint density at radius 1 is 0.693 bits per heavy atom. The molecule has 19 nitrogen and oxygen atoms in total. The topological polar surface area (TPSA) is 245 Å². The molecule has 3 aromatic carbocycles. The van der Waals surface area contributed by atoms with E-state index in [1.54, 1.807) is 80.4 Å². The SMILES string of the molecule is CC(=O)O.COc1ccc(Cn2nc(C3CCCNC3)c3c(Oc4ccc(C(=O)Nc5ncc(C)s5)cc4)ccnc32)cc1.Cc1cnc(NC(=O)c2ccc(Oc3ccnc4n[nH]c(C5CCCNC5)c34)cc2)s1. The van der Waals surface area contributed by atoms with Crippen LogP contribution in [-0.2, 0) is 11.3 Å². The van der Waals surface area contributed by atoms with Crippen LogP contribution in [0.4, 0.5) is 10.3 Å². The molecule has 11 rings (SSSR count). The van der Waals surface area contributed by atoms with Crippen molar-refractivity contribution in [2.45, 2.75) is 64.8 Å². The van der Waals surface area contributed by atoms with E-state index >= 15 is 0 Å². The molecular formula is C54H56N12O7S2. The van der Waals surface area contributed by atoms with Gasteiger partial charge in [-0.25, -0.2) is 24.6 Å². The maximum absolute atomic E-state index is 12.7. The summed E-state index contributed by atoms with van der Waals surface area (Å²) in [7, 11) is 1.66. The number of aromatic nitrogens is 8. The highest BCUT2D eigenvalue weighted by Gasteiger charge is 2.26. The number of pyridine rings is 2. The van der Waals surface area contributed by atoms with Crippen molar-refractivity contribution in [2.24, 2.45) is 0 Å². The fourth-order valence-electron chi connectivity index (χ4n) is 8.75. The molecule has 2 fully saturated rings. The monoisotopic (exact) mass is 1050 g/mol. The number of thiazole rings is 2. The Labute approximate surface area is 440 Å². The Morgan fingerprint density at radius 3 is 1.72 bits per heavy atom.